The van der Waals surface area contributed by atoms with Gasteiger partial charge in [-0.2, -0.15) is 0 Å². The van der Waals surface area contributed by atoms with Crippen LogP contribution in [-0.4, -0.2) is 5.97 Å². The van der Waals surface area contributed by atoms with Crippen molar-refractivity contribution < 1.29 is 9.53 Å². The molecule has 0 aliphatic carbocycles. The van der Waals surface area contributed by atoms with Gasteiger partial charge in [-0.05, 0) is 18.9 Å². The van der Waals surface area contributed by atoms with Crippen LogP contribution in [0.5, 0.6) is 0 Å². The van der Waals surface area contributed by atoms with Gasteiger partial charge in [0.25, 0.3) is 0 Å². The van der Waals surface area contributed by atoms with E-state index in [0.717, 1.165) is 18.6 Å². The lowest BCUT2D eigenvalue weighted by molar-refractivity contribution is -0.136. The number of carbonyl (C=O) groups is 1. The van der Waals surface area contributed by atoms with E-state index in [1.54, 1.807) is 0 Å². The Hall–Kier alpha value is -1.05. The van der Waals surface area contributed by atoms with Gasteiger partial charge in [-0.15, -0.1) is 0 Å². The van der Waals surface area contributed by atoms with Crippen LogP contribution in [0.4, 0.5) is 0 Å². The average Bonchev–Trinajstić information content (AvgIpc) is 2.58. The van der Waals surface area contributed by atoms with Crippen LogP contribution in [0.25, 0.3) is 0 Å². The number of allylic oxidation sites excluding steroid dienone is 2. The summed E-state index contributed by atoms with van der Waals surface area (Å²) in [5.41, 5.74) is 0. The Kier molecular flexibility index (Phi) is 5.05. The third-order valence-electron chi connectivity index (χ3n) is 2.20. The molecule has 0 saturated carbocycles. The van der Waals surface area contributed by atoms with Crippen molar-refractivity contribution in [3.63, 3.8) is 0 Å². The lowest BCUT2D eigenvalue weighted by atomic mass is 10.2. The first-order valence-corrected chi connectivity index (χ1v) is 5.37. The zero-order valence-corrected chi connectivity index (χ0v) is 8.79. The molecule has 0 N–H and O–H groups in total. The van der Waals surface area contributed by atoms with Crippen LogP contribution in [0.15, 0.2) is 24.0 Å². The average molecular weight is 194 g/mol. The Morgan fingerprint density at radius 3 is 2.93 bits per heavy atom. The van der Waals surface area contributed by atoms with E-state index in [-0.39, 0.29) is 5.97 Å². The number of carbonyl (C=O) groups excluding carboxylic acids is 1. The van der Waals surface area contributed by atoms with E-state index in [2.05, 4.69) is 19.1 Å². The second-order valence-corrected chi connectivity index (χ2v) is 3.52. The summed E-state index contributed by atoms with van der Waals surface area (Å²) < 4.78 is 4.96. The van der Waals surface area contributed by atoms with E-state index in [0.29, 0.717) is 6.42 Å². The standard InChI is InChI=1S/C12H18O2/c1-2-3-4-5-6-7-8-11-9-10-12(13)14-11/h6-7,9H,2-5,8,10H2,1H3/b7-6-. The van der Waals surface area contributed by atoms with Crippen molar-refractivity contribution in [2.75, 3.05) is 0 Å². The molecule has 0 bridgehead atoms. The number of rotatable bonds is 6. The molecule has 2 nitrogen and oxygen atoms in total. The van der Waals surface area contributed by atoms with Gasteiger partial charge < -0.3 is 4.74 Å². The first kappa shape index (κ1) is 11.0. The molecule has 78 valence electrons. The Morgan fingerprint density at radius 2 is 2.29 bits per heavy atom. The van der Waals surface area contributed by atoms with Crippen LogP contribution >= 0.6 is 0 Å². The zero-order valence-electron chi connectivity index (χ0n) is 8.79. The van der Waals surface area contributed by atoms with Crippen LogP contribution in [0, 0.1) is 0 Å². The Morgan fingerprint density at radius 1 is 1.43 bits per heavy atom. The van der Waals surface area contributed by atoms with E-state index in [4.69, 9.17) is 4.74 Å². The molecule has 14 heavy (non-hydrogen) atoms. The summed E-state index contributed by atoms with van der Waals surface area (Å²) in [7, 11) is 0. The van der Waals surface area contributed by atoms with E-state index in [1.165, 1.54) is 19.3 Å². The van der Waals surface area contributed by atoms with Crippen molar-refractivity contribution in [2.24, 2.45) is 0 Å². The SMILES string of the molecule is CCCCC/C=C\CC1=CCC(=O)O1. The number of unbranched alkanes of at least 4 members (excludes halogenated alkanes) is 3. The molecule has 1 heterocycles. The lowest BCUT2D eigenvalue weighted by Crippen LogP contribution is -1.92. The first-order valence-electron chi connectivity index (χ1n) is 5.37. The molecule has 0 aromatic heterocycles. The molecule has 2 heteroatoms. The molecule has 1 aliphatic rings. The Labute approximate surface area is 85.6 Å². The molecule has 1 rings (SSSR count). The number of cyclic esters (lactones) is 1. The highest BCUT2D eigenvalue weighted by Gasteiger charge is 2.11. The predicted molar refractivity (Wildman–Crippen MR) is 56.7 cm³/mol. The summed E-state index contributed by atoms with van der Waals surface area (Å²) in [5, 5.41) is 0. The smallest absolute Gasteiger partial charge is 0.314 e. The van der Waals surface area contributed by atoms with Gasteiger partial charge in [0.1, 0.15) is 5.76 Å². The predicted octanol–water partition coefficient (Wildman–Crippen LogP) is 3.34. The molecule has 0 radical (unpaired) electrons. The van der Waals surface area contributed by atoms with Crippen LogP contribution < -0.4 is 0 Å². The zero-order chi connectivity index (χ0) is 10.2. The van der Waals surface area contributed by atoms with Gasteiger partial charge in [-0.3, -0.25) is 4.79 Å². The molecule has 0 aromatic rings. The van der Waals surface area contributed by atoms with E-state index in [9.17, 15) is 4.79 Å². The monoisotopic (exact) mass is 194 g/mol. The minimum atomic E-state index is -0.126. The number of hydrogen-bond acceptors (Lipinski definition) is 2. The highest BCUT2D eigenvalue weighted by Crippen LogP contribution is 2.14. The topological polar surface area (TPSA) is 26.3 Å². The molecule has 0 unspecified atom stereocenters. The maximum atomic E-state index is 10.7. The third-order valence-corrected chi connectivity index (χ3v) is 2.20. The Balaban J connectivity index is 2.05. The second-order valence-electron chi connectivity index (χ2n) is 3.52. The van der Waals surface area contributed by atoms with E-state index in [1.807, 2.05) is 6.08 Å². The minimum absolute atomic E-state index is 0.126. The van der Waals surface area contributed by atoms with E-state index < -0.39 is 0 Å². The van der Waals surface area contributed by atoms with Crippen LogP contribution in [0.1, 0.15) is 45.4 Å². The normalized spacial score (nSPS) is 16.1. The van der Waals surface area contributed by atoms with Gasteiger partial charge in [0.2, 0.25) is 0 Å². The van der Waals surface area contributed by atoms with Crippen molar-refractivity contribution in [2.45, 2.75) is 45.4 Å². The van der Waals surface area contributed by atoms with Crippen LogP contribution in [0.2, 0.25) is 0 Å². The molecule has 0 fully saturated rings. The fourth-order valence-electron chi connectivity index (χ4n) is 1.38. The van der Waals surface area contributed by atoms with Gasteiger partial charge >= 0.3 is 5.97 Å². The number of ether oxygens (including phenoxy) is 1. The summed E-state index contributed by atoms with van der Waals surface area (Å²) in [6, 6.07) is 0. The molecule has 0 atom stereocenters. The van der Waals surface area contributed by atoms with Gasteiger partial charge in [-0.1, -0.05) is 31.9 Å². The molecular weight excluding hydrogens is 176 g/mol. The third kappa shape index (κ3) is 4.26. The second kappa shape index (κ2) is 6.41. The molecule has 0 saturated heterocycles. The fourth-order valence-corrected chi connectivity index (χ4v) is 1.38. The van der Waals surface area contributed by atoms with Gasteiger partial charge in [0.05, 0.1) is 6.42 Å². The van der Waals surface area contributed by atoms with E-state index >= 15 is 0 Å². The lowest BCUT2D eigenvalue weighted by Gasteiger charge is -1.96. The Bertz CT molecular complexity index is 239. The summed E-state index contributed by atoms with van der Waals surface area (Å²) in [6.45, 7) is 2.20. The highest BCUT2D eigenvalue weighted by molar-refractivity contribution is 5.75. The van der Waals surface area contributed by atoms with Crippen molar-refractivity contribution in [3.8, 4) is 0 Å². The van der Waals surface area contributed by atoms with Gasteiger partial charge in [-0.25, -0.2) is 0 Å². The molecule has 0 amide bonds. The van der Waals surface area contributed by atoms with Crippen LogP contribution in [0.3, 0.4) is 0 Å². The largest absolute Gasteiger partial charge is 0.431 e. The molecule has 0 spiro atoms. The quantitative estimate of drug-likeness (QED) is 0.368. The maximum Gasteiger partial charge on any atom is 0.314 e. The van der Waals surface area contributed by atoms with Crippen LogP contribution in [-0.2, 0) is 9.53 Å². The molecule has 0 aromatic carbocycles. The summed E-state index contributed by atoms with van der Waals surface area (Å²) >= 11 is 0. The highest BCUT2D eigenvalue weighted by atomic mass is 16.5. The van der Waals surface area contributed by atoms with Crippen molar-refractivity contribution in [3.05, 3.63) is 24.0 Å². The van der Waals surface area contributed by atoms with Gasteiger partial charge in [0, 0.05) is 6.42 Å². The minimum Gasteiger partial charge on any atom is -0.431 e. The first-order chi connectivity index (χ1) is 6.83. The van der Waals surface area contributed by atoms with Crippen molar-refractivity contribution in [1.82, 2.24) is 0 Å². The maximum absolute atomic E-state index is 10.7. The van der Waals surface area contributed by atoms with Gasteiger partial charge in [0.15, 0.2) is 0 Å². The number of hydrogen-bond donors (Lipinski definition) is 0. The fraction of sp³-hybridized carbons (Fsp3) is 0.583. The summed E-state index contributed by atoms with van der Waals surface area (Å²) in [4.78, 5) is 10.7. The molecule has 1 aliphatic heterocycles. The number of esters is 1. The van der Waals surface area contributed by atoms with Crippen molar-refractivity contribution in [1.29, 1.82) is 0 Å². The summed E-state index contributed by atoms with van der Waals surface area (Å²) in [5.74, 6) is 0.682. The van der Waals surface area contributed by atoms with Crippen molar-refractivity contribution >= 4 is 5.97 Å². The summed E-state index contributed by atoms with van der Waals surface area (Å²) in [6.07, 6.45) is 12.3. The molecular formula is C12H18O2.